The van der Waals surface area contributed by atoms with E-state index < -0.39 is 0 Å². The number of pyridine rings is 1. The maximum Gasteiger partial charge on any atom is 0.248 e. The largest absolute Gasteiger partial charge is 0.333 e. The summed E-state index contributed by atoms with van der Waals surface area (Å²) in [5.74, 6) is 0.747. The Bertz CT molecular complexity index is 986. The van der Waals surface area contributed by atoms with E-state index in [4.69, 9.17) is 0 Å². The number of hydrogen-bond donors (Lipinski definition) is 2. The summed E-state index contributed by atoms with van der Waals surface area (Å²) in [6.45, 7) is 0. The van der Waals surface area contributed by atoms with Gasteiger partial charge in [0.05, 0.1) is 16.6 Å². The van der Waals surface area contributed by atoms with Gasteiger partial charge in [-0.05, 0) is 29.1 Å². The van der Waals surface area contributed by atoms with E-state index >= 15 is 0 Å². The number of hydrogen-bond acceptors (Lipinski definition) is 3. The van der Waals surface area contributed by atoms with Crippen LogP contribution >= 0.6 is 11.8 Å². The Labute approximate surface area is 130 Å². The topological polar surface area (TPSA) is 61.5 Å². The van der Waals surface area contributed by atoms with Crippen LogP contribution in [0.5, 0.6) is 0 Å². The number of para-hydroxylation sites is 3. The highest BCUT2D eigenvalue weighted by atomic mass is 32.2. The molecular formula is C17H13N3OS. The fourth-order valence-corrected chi connectivity index (χ4v) is 3.38. The first-order valence-corrected chi connectivity index (χ1v) is 7.97. The molecule has 0 atom stereocenters. The predicted octanol–water partition coefficient (Wildman–Crippen LogP) is 3.70. The maximum absolute atomic E-state index is 11.5. The average molecular weight is 307 g/mol. The van der Waals surface area contributed by atoms with Crippen molar-refractivity contribution < 1.29 is 0 Å². The van der Waals surface area contributed by atoms with Crippen molar-refractivity contribution >= 4 is 33.7 Å². The van der Waals surface area contributed by atoms with E-state index in [0.717, 1.165) is 38.4 Å². The SMILES string of the molecule is O=c1ccc2cccc(CSc3nc4ccccc4[nH]3)c2[nH]1. The van der Waals surface area contributed by atoms with Gasteiger partial charge in [-0.3, -0.25) is 4.79 Å². The molecule has 0 fully saturated rings. The van der Waals surface area contributed by atoms with Crippen LogP contribution < -0.4 is 5.56 Å². The lowest BCUT2D eigenvalue weighted by Gasteiger charge is -2.04. The van der Waals surface area contributed by atoms with Crippen molar-refractivity contribution in [3.8, 4) is 0 Å². The molecule has 0 bridgehead atoms. The van der Waals surface area contributed by atoms with Gasteiger partial charge in [0.15, 0.2) is 5.16 Å². The smallest absolute Gasteiger partial charge is 0.248 e. The Morgan fingerprint density at radius 2 is 1.86 bits per heavy atom. The fraction of sp³-hybridized carbons (Fsp3) is 0.0588. The van der Waals surface area contributed by atoms with Crippen LogP contribution in [0.3, 0.4) is 0 Å². The van der Waals surface area contributed by atoms with Crippen molar-refractivity contribution in [1.29, 1.82) is 0 Å². The number of thioether (sulfide) groups is 1. The first-order valence-electron chi connectivity index (χ1n) is 6.98. The summed E-state index contributed by atoms with van der Waals surface area (Å²) in [6.07, 6.45) is 0. The van der Waals surface area contributed by atoms with Gasteiger partial charge in [-0.2, -0.15) is 0 Å². The summed E-state index contributed by atoms with van der Waals surface area (Å²) in [6, 6.07) is 17.4. The summed E-state index contributed by atoms with van der Waals surface area (Å²) in [7, 11) is 0. The van der Waals surface area contributed by atoms with Crippen LogP contribution in [0.1, 0.15) is 5.56 Å². The minimum absolute atomic E-state index is 0.0753. The molecule has 2 N–H and O–H groups in total. The van der Waals surface area contributed by atoms with Gasteiger partial charge < -0.3 is 9.97 Å². The molecule has 0 aliphatic heterocycles. The molecule has 22 heavy (non-hydrogen) atoms. The monoisotopic (exact) mass is 307 g/mol. The Morgan fingerprint density at radius 1 is 0.955 bits per heavy atom. The molecule has 108 valence electrons. The lowest BCUT2D eigenvalue weighted by Crippen LogP contribution is -2.03. The quantitative estimate of drug-likeness (QED) is 0.567. The molecular weight excluding hydrogens is 294 g/mol. The highest BCUT2D eigenvalue weighted by Crippen LogP contribution is 2.25. The van der Waals surface area contributed by atoms with E-state index in [1.165, 1.54) is 0 Å². The molecule has 0 radical (unpaired) electrons. The van der Waals surface area contributed by atoms with Gasteiger partial charge >= 0.3 is 0 Å². The zero-order chi connectivity index (χ0) is 14.9. The molecule has 0 saturated heterocycles. The average Bonchev–Trinajstić information content (AvgIpc) is 2.95. The molecule has 4 rings (SSSR count). The number of H-pyrrole nitrogens is 2. The summed E-state index contributed by atoms with van der Waals surface area (Å²) in [5.41, 5.74) is 3.93. The van der Waals surface area contributed by atoms with Crippen molar-refractivity contribution in [3.63, 3.8) is 0 Å². The minimum atomic E-state index is -0.0753. The van der Waals surface area contributed by atoms with Crippen LogP contribution in [0.15, 0.2) is 64.5 Å². The summed E-state index contributed by atoms with van der Waals surface area (Å²) in [5, 5.41) is 1.93. The number of rotatable bonds is 3. The lowest BCUT2D eigenvalue weighted by atomic mass is 10.1. The van der Waals surface area contributed by atoms with E-state index in [2.05, 4.69) is 15.0 Å². The summed E-state index contributed by atoms with van der Waals surface area (Å²) < 4.78 is 0. The van der Waals surface area contributed by atoms with E-state index in [9.17, 15) is 4.79 Å². The van der Waals surface area contributed by atoms with E-state index in [1.807, 2.05) is 48.5 Å². The maximum atomic E-state index is 11.5. The number of nitrogens with one attached hydrogen (secondary N) is 2. The number of aromatic amines is 2. The van der Waals surface area contributed by atoms with E-state index in [-0.39, 0.29) is 5.56 Å². The fourth-order valence-electron chi connectivity index (χ4n) is 2.51. The second-order valence-corrected chi connectivity index (χ2v) is 6.02. The Morgan fingerprint density at radius 3 is 2.77 bits per heavy atom. The van der Waals surface area contributed by atoms with Gasteiger partial charge in [-0.15, -0.1) is 0 Å². The Balaban J connectivity index is 1.66. The molecule has 2 aromatic heterocycles. The van der Waals surface area contributed by atoms with Gasteiger partial charge in [0, 0.05) is 11.8 Å². The zero-order valence-electron chi connectivity index (χ0n) is 11.7. The van der Waals surface area contributed by atoms with Crippen molar-refractivity contribution in [3.05, 3.63) is 70.5 Å². The van der Waals surface area contributed by atoms with Crippen LogP contribution in [0.25, 0.3) is 21.9 Å². The molecule has 0 aliphatic rings. The molecule has 0 amide bonds. The number of nitrogens with zero attached hydrogens (tertiary/aromatic N) is 1. The molecule has 0 saturated carbocycles. The standard InChI is InChI=1S/C17H13N3OS/c21-15-9-8-11-4-3-5-12(16(11)20-15)10-22-17-18-13-6-1-2-7-14(13)19-17/h1-9H,10H2,(H,18,19)(H,20,21). The molecule has 0 spiro atoms. The first-order chi connectivity index (χ1) is 10.8. The highest BCUT2D eigenvalue weighted by molar-refractivity contribution is 7.98. The molecule has 4 nitrogen and oxygen atoms in total. The lowest BCUT2D eigenvalue weighted by molar-refractivity contribution is 1.08. The van der Waals surface area contributed by atoms with Crippen molar-refractivity contribution in [2.45, 2.75) is 10.9 Å². The third-order valence-electron chi connectivity index (χ3n) is 3.58. The van der Waals surface area contributed by atoms with Gasteiger partial charge in [0.2, 0.25) is 5.56 Å². The van der Waals surface area contributed by atoms with Crippen LogP contribution in [0, 0.1) is 0 Å². The number of benzene rings is 2. The number of fused-ring (bicyclic) bond motifs is 2. The second-order valence-electron chi connectivity index (χ2n) is 5.05. The number of aromatic nitrogens is 3. The van der Waals surface area contributed by atoms with Gasteiger partial charge in [0.1, 0.15) is 0 Å². The number of imidazole rings is 1. The minimum Gasteiger partial charge on any atom is -0.333 e. The van der Waals surface area contributed by atoms with Gasteiger partial charge in [-0.1, -0.05) is 42.1 Å². The molecule has 0 unspecified atom stereocenters. The highest BCUT2D eigenvalue weighted by Gasteiger charge is 2.06. The Hall–Kier alpha value is -2.53. The van der Waals surface area contributed by atoms with Gasteiger partial charge in [-0.25, -0.2) is 4.98 Å². The van der Waals surface area contributed by atoms with Crippen molar-refractivity contribution in [1.82, 2.24) is 15.0 Å². The Kier molecular flexibility index (Phi) is 3.20. The molecule has 2 aromatic carbocycles. The molecule has 4 aromatic rings. The third-order valence-corrected chi connectivity index (χ3v) is 4.50. The van der Waals surface area contributed by atoms with Crippen molar-refractivity contribution in [2.75, 3.05) is 0 Å². The zero-order valence-corrected chi connectivity index (χ0v) is 12.5. The van der Waals surface area contributed by atoms with Crippen LogP contribution in [-0.4, -0.2) is 15.0 Å². The second kappa shape index (κ2) is 5.35. The molecule has 0 aliphatic carbocycles. The molecule has 2 heterocycles. The normalized spacial score (nSPS) is 11.3. The summed E-state index contributed by atoms with van der Waals surface area (Å²) in [4.78, 5) is 22.3. The summed E-state index contributed by atoms with van der Waals surface area (Å²) >= 11 is 1.63. The van der Waals surface area contributed by atoms with E-state index in [0.29, 0.717) is 0 Å². The first kappa shape index (κ1) is 13.2. The molecule has 5 heteroatoms. The van der Waals surface area contributed by atoms with Crippen LogP contribution in [-0.2, 0) is 5.75 Å². The van der Waals surface area contributed by atoms with E-state index in [1.54, 1.807) is 17.8 Å². The van der Waals surface area contributed by atoms with Crippen LogP contribution in [0.2, 0.25) is 0 Å². The predicted molar refractivity (Wildman–Crippen MR) is 90.2 cm³/mol. The third kappa shape index (κ3) is 2.40. The van der Waals surface area contributed by atoms with Gasteiger partial charge in [0.25, 0.3) is 0 Å². The van der Waals surface area contributed by atoms with Crippen molar-refractivity contribution in [2.24, 2.45) is 0 Å². The van der Waals surface area contributed by atoms with Crippen LogP contribution in [0.4, 0.5) is 0 Å².